The molecule has 2 heterocycles. The molecule has 3 rings (SSSR count). The standard InChI is InChI=1S/C24H44O8/c1-7-21(31-23(9-3)25-15-17(5)29-23)27-19-11-13-20(14-12-19)28-22(8-2)32-24(10-4)26-16-18(6)30-24/h17-22H,7-16H2,1-6H3. The number of rotatable bonds is 12. The van der Waals surface area contributed by atoms with Crippen molar-refractivity contribution in [2.75, 3.05) is 13.2 Å². The van der Waals surface area contributed by atoms with Crippen molar-refractivity contribution in [3.8, 4) is 0 Å². The van der Waals surface area contributed by atoms with Crippen LogP contribution < -0.4 is 0 Å². The van der Waals surface area contributed by atoms with E-state index in [-0.39, 0.29) is 37.0 Å². The summed E-state index contributed by atoms with van der Waals surface area (Å²) in [6.45, 7) is 13.2. The van der Waals surface area contributed by atoms with E-state index in [0.717, 1.165) is 38.5 Å². The highest BCUT2D eigenvalue weighted by Crippen LogP contribution is 2.34. The molecule has 0 bridgehead atoms. The zero-order chi connectivity index (χ0) is 23.2. The van der Waals surface area contributed by atoms with E-state index in [1.807, 2.05) is 27.7 Å². The Kier molecular flexibility index (Phi) is 9.77. The van der Waals surface area contributed by atoms with Crippen LogP contribution in [0.1, 0.15) is 92.9 Å². The first kappa shape index (κ1) is 26.3. The molecule has 0 aromatic carbocycles. The Hall–Kier alpha value is -0.320. The third-order valence-corrected chi connectivity index (χ3v) is 6.30. The van der Waals surface area contributed by atoms with Crippen LogP contribution in [0.4, 0.5) is 0 Å². The third kappa shape index (κ3) is 6.85. The van der Waals surface area contributed by atoms with Gasteiger partial charge in [0.25, 0.3) is 11.9 Å². The van der Waals surface area contributed by atoms with E-state index < -0.39 is 11.9 Å². The van der Waals surface area contributed by atoms with Crippen LogP contribution in [0.25, 0.3) is 0 Å². The van der Waals surface area contributed by atoms with Gasteiger partial charge >= 0.3 is 0 Å². The fraction of sp³-hybridized carbons (Fsp3) is 1.00. The lowest BCUT2D eigenvalue weighted by Crippen LogP contribution is -2.42. The summed E-state index contributed by atoms with van der Waals surface area (Å²) in [7, 11) is 0. The summed E-state index contributed by atoms with van der Waals surface area (Å²) in [5, 5.41) is 0. The third-order valence-electron chi connectivity index (χ3n) is 6.30. The van der Waals surface area contributed by atoms with Crippen LogP contribution in [0, 0.1) is 0 Å². The highest BCUT2D eigenvalue weighted by Gasteiger charge is 2.44. The Morgan fingerprint density at radius 1 is 0.688 bits per heavy atom. The minimum atomic E-state index is -0.983. The summed E-state index contributed by atoms with van der Waals surface area (Å²) in [6.07, 6.45) is 6.04. The number of hydrogen-bond donors (Lipinski definition) is 0. The molecule has 2 aliphatic heterocycles. The van der Waals surface area contributed by atoms with Crippen LogP contribution in [-0.2, 0) is 37.9 Å². The lowest BCUT2D eigenvalue weighted by molar-refractivity contribution is -0.395. The fourth-order valence-corrected chi connectivity index (χ4v) is 4.45. The van der Waals surface area contributed by atoms with Crippen molar-refractivity contribution in [1.29, 1.82) is 0 Å². The second-order valence-electron chi connectivity index (χ2n) is 9.13. The maximum absolute atomic E-state index is 6.29. The zero-order valence-corrected chi connectivity index (χ0v) is 20.8. The quantitative estimate of drug-likeness (QED) is 0.383. The summed E-state index contributed by atoms with van der Waals surface area (Å²) in [6, 6.07) is 0. The van der Waals surface area contributed by atoms with Crippen LogP contribution in [0.15, 0.2) is 0 Å². The molecule has 0 aromatic heterocycles. The summed E-state index contributed by atoms with van der Waals surface area (Å²) >= 11 is 0. The molecule has 3 aliphatic rings. The highest BCUT2D eigenvalue weighted by molar-refractivity contribution is 4.76. The Morgan fingerprint density at radius 3 is 1.31 bits per heavy atom. The van der Waals surface area contributed by atoms with Crippen molar-refractivity contribution >= 4 is 0 Å². The van der Waals surface area contributed by atoms with Crippen molar-refractivity contribution in [2.45, 2.75) is 142 Å². The molecule has 8 nitrogen and oxygen atoms in total. The smallest absolute Gasteiger partial charge is 0.285 e. The van der Waals surface area contributed by atoms with Crippen molar-refractivity contribution in [3.63, 3.8) is 0 Å². The van der Waals surface area contributed by atoms with Gasteiger partial charge in [-0.1, -0.05) is 27.7 Å². The van der Waals surface area contributed by atoms with E-state index in [1.54, 1.807) is 0 Å². The molecule has 0 amide bonds. The first-order valence-electron chi connectivity index (χ1n) is 12.6. The van der Waals surface area contributed by atoms with Gasteiger partial charge in [0.1, 0.15) is 0 Å². The number of hydrogen-bond acceptors (Lipinski definition) is 8. The van der Waals surface area contributed by atoms with E-state index >= 15 is 0 Å². The second kappa shape index (κ2) is 11.9. The van der Waals surface area contributed by atoms with Gasteiger partial charge in [0, 0.05) is 12.8 Å². The van der Waals surface area contributed by atoms with Crippen LogP contribution in [0.3, 0.4) is 0 Å². The molecule has 2 saturated heterocycles. The summed E-state index contributed by atoms with van der Waals surface area (Å²) in [5.41, 5.74) is 0. The van der Waals surface area contributed by atoms with E-state index in [2.05, 4.69) is 13.8 Å². The molecule has 0 spiro atoms. The average molecular weight is 461 g/mol. The minimum Gasteiger partial charge on any atom is -0.349 e. The van der Waals surface area contributed by atoms with Gasteiger partial charge in [-0.15, -0.1) is 0 Å². The predicted octanol–water partition coefficient (Wildman–Crippen LogP) is 4.83. The van der Waals surface area contributed by atoms with Crippen LogP contribution >= 0.6 is 0 Å². The monoisotopic (exact) mass is 460 g/mol. The molecule has 0 N–H and O–H groups in total. The highest BCUT2D eigenvalue weighted by atomic mass is 16.9. The Morgan fingerprint density at radius 2 is 1.06 bits per heavy atom. The van der Waals surface area contributed by atoms with E-state index in [9.17, 15) is 0 Å². The maximum Gasteiger partial charge on any atom is 0.285 e. The largest absolute Gasteiger partial charge is 0.349 e. The Balaban J connectivity index is 1.43. The summed E-state index contributed by atoms with van der Waals surface area (Å²) in [4.78, 5) is 0. The van der Waals surface area contributed by atoms with Crippen molar-refractivity contribution in [3.05, 3.63) is 0 Å². The lowest BCUT2D eigenvalue weighted by atomic mass is 9.95. The number of ether oxygens (including phenoxy) is 8. The fourth-order valence-electron chi connectivity index (χ4n) is 4.45. The molecule has 8 heteroatoms. The van der Waals surface area contributed by atoms with Gasteiger partial charge in [0.05, 0.1) is 37.6 Å². The van der Waals surface area contributed by atoms with Crippen molar-refractivity contribution < 1.29 is 37.9 Å². The van der Waals surface area contributed by atoms with Crippen LogP contribution in [-0.4, -0.2) is 62.2 Å². The lowest BCUT2D eigenvalue weighted by Gasteiger charge is -2.36. The summed E-state index contributed by atoms with van der Waals surface area (Å²) < 4.78 is 48.2. The van der Waals surface area contributed by atoms with Crippen molar-refractivity contribution in [2.24, 2.45) is 0 Å². The topological polar surface area (TPSA) is 73.8 Å². The molecular formula is C24H44O8. The average Bonchev–Trinajstić information content (AvgIpc) is 3.36. The summed E-state index contributed by atoms with van der Waals surface area (Å²) in [5.74, 6) is -1.97. The van der Waals surface area contributed by atoms with Gasteiger partial charge in [-0.05, 0) is 52.4 Å². The van der Waals surface area contributed by atoms with Gasteiger partial charge in [-0.3, -0.25) is 9.47 Å². The Labute approximate surface area is 193 Å². The molecule has 1 saturated carbocycles. The molecule has 0 radical (unpaired) electrons. The second-order valence-corrected chi connectivity index (χ2v) is 9.13. The van der Waals surface area contributed by atoms with Gasteiger partial charge in [-0.25, -0.2) is 0 Å². The molecular weight excluding hydrogens is 416 g/mol. The molecule has 188 valence electrons. The van der Waals surface area contributed by atoms with Crippen LogP contribution in [0.5, 0.6) is 0 Å². The van der Waals surface area contributed by atoms with E-state index in [0.29, 0.717) is 26.1 Å². The molecule has 6 unspecified atom stereocenters. The zero-order valence-electron chi connectivity index (χ0n) is 20.8. The van der Waals surface area contributed by atoms with Crippen molar-refractivity contribution in [1.82, 2.24) is 0 Å². The van der Waals surface area contributed by atoms with Gasteiger partial charge in [-0.2, -0.15) is 0 Å². The maximum atomic E-state index is 6.29. The van der Waals surface area contributed by atoms with E-state index in [1.165, 1.54) is 0 Å². The minimum absolute atomic E-state index is 0.0314. The van der Waals surface area contributed by atoms with Gasteiger partial charge in [0.2, 0.25) is 0 Å². The normalized spacial score (nSPS) is 39.9. The Bertz CT molecular complexity index is 506. The first-order chi connectivity index (χ1) is 15.3. The molecule has 3 fully saturated rings. The molecule has 6 atom stereocenters. The first-order valence-corrected chi connectivity index (χ1v) is 12.6. The van der Waals surface area contributed by atoms with Crippen LogP contribution in [0.2, 0.25) is 0 Å². The predicted molar refractivity (Wildman–Crippen MR) is 118 cm³/mol. The van der Waals surface area contributed by atoms with E-state index in [4.69, 9.17) is 37.9 Å². The van der Waals surface area contributed by atoms with Gasteiger partial charge in [0.15, 0.2) is 12.6 Å². The van der Waals surface area contributed by atoms with Gasteiger partial charge < -0.3 is 28.4 Å². The molecule has 1 aliphatic carbocycles. The molecule has 0 aromatic rings. The molecule has 32 heavy (non-hydrogen) atoms. The SMILES string of the molecule is CCC(OC1CCC(OC(CC)OC2(CC)OCC(C)O2)CC1)OC1(CC)OCC(C)O1.